The maximum atomic E-state index is 12.5. The van der Waals surface area contributed by atoms with E-state index in [9.17, 15) is 4.79 Å². The van der Waals surface area contributed by atoms with E-state index >= 15 is 0 Å². The Labute approximate surface area is 133 Å². The zero-order valence-electron chi connectivity index (χ0n) is 12.1. The lowest BCUT2D eigenvalue weighted by molar-refractivity contribution is 0.0932. The minimum atomic E-state index is -0.130. The average Bonchev–Trinajstić information content (AvgIpc) is 2.53. The van der Waals surface area contributed by atoms with Crippen molar-refractivity contribution in [3.63, 3.8) is 0 Å². The van der Waals surface area contributed by atoms with Crippen LogP contribution in [0.4, 0.5) is 0 Å². The van der Waals surface area contributed by atoms with E-state index in [1.54, 1.807) is 19.2 Å². The molecule has 0 aliphatic heterocycles. The van der Waals surface area contributed by atoms with E-state index < -0.39 is 0 Å². The van der Waals surface area contributed by atoms with Crippen molar-refractivity contribution in [3.8, 4) is 5.75 Å². The minimum Gasteiger partial charge on any atom is -0.496 e. The van der Waals surface area contributed by atoms with Gasteiger partial charge in [-0.1, -0.05) is 53.2 Å². The molecule has 4 heteroatoms. The van der Waals surface area contributed by atoms with Crippen LogP contribution in [0, 0.1) is 0 Å². The van der Waals surface area contributed by atoms with Gasteiger partial charge in [-0.3, -0.25) is 4.79 Å². The Morgan fingerprint density at radius 1 is 1.24 bits per heavy atom. The Morgan fingerprint density at radius 3 is 2.57 bits per heavy atom. The molecule has 0 aliphatic carbocycles. The Kier molecular flexibility index (Phi) is 5.39. The summed E-state index contributed by atoms with van der Waals surface area (Å²) in [6.07, 6.45) is 0.828. The van der Waals surface area contributed by atoms with Crippen LogP contribution in [0.15, 0.2) is 53.0 Å². The number of hydrogen-bond acceptors (Lipinski definition) is 2. The second-order valence-electron chi connectivity index (χ2n) is 4.69. The summed E-state index contributed by atoms with van der Waals surface area (Å²) in [6, 6.07) is 15.3. The average molecular weight is 348 g/mol. The molecule has 0 fully saturated rings. The van der Waals surface area contributed by atoms with Crippen LogP contribution in [0.3, 0.4) is 0 Å². The third-order valence-corrected chi connectivity index (χ3v) is 3.82. The molecule has 2 rings (SSSR count). The van der Waals surface area contributed by atoms with Gasteiger partial charge in [0.05, 0.1) is 18.7 Å². The number of halogens is 1. The highest BCUT2D eigenvalue weighted by Gasteiger charge is 2.17. The number of nitrogens with one attached hydrogen (secondary N) is 1. The fourth-order valence-electron chi connectivity index (χ4n) is 2.20. The number of hydrogen-bond donors (Lipinski definition) is 1. The van der Waals surface area contributed by atoms with Gasteiger partial charge in [-0.15, -0.1) is 0 Å². The standard InChI is InChI=1S/C17H18BrNO2/c1-3-15(12-7-5-4-6-8-12)19-17(20)14-10-9-13(18)11-16(14)21-2/h4-11,15H,3H2,1-2H3,(H,19,20). The largest absolute Gasteiger partial charge is 0.496 e. The first kappa shape index (κ1) is 15.6. The first-order valence-electron chi connectivity index (χ1n) is 6.85. The highest BCUT2D eigenvalue weighted by Crippen LogP contribution is 2.25. The van der Waals surface area contributed by atoms with Crippen molar-refractivity contribution in [3.05, 3.63) is 64.1 Å². The molecule has 1 unspecified atom stereocenters. The normalized spacial score (nSPS) is 11.8. The van der Waals surface area contributed by atoms with Gasteiger partial charge in [0.25, 0.3) is 5.91 Å². The molecule has 21 heavy (non-hydrogen) atoms. The summed E-state index contributed by atoms with van der Waals surface area (Å²) in [6.45, 7) is 2.05. The van der Waals surface area contributed by atoms with Gasteiger partial charge in [0, 0.05) is 4.47 Å². The van der Waals surface area contributed by atoms with Crippen molar-refractivity contribution in [1.82, 2.24) is 5.32 Å². The second-order valence-corrected chi connectivity index (χ2v) is 5.61. The van der Waals surface area contributed by atoms with Crippen LogP contribution in [0.25, 0.3) is 0 Å². The zero-order chi connectivity index (χ0) is 15.2. The number of benzene rings is 2. The van der Waals surface area contributed by atoms with Gasteiger partial charge in [0.1, 0.15) is 5.75 Å². The van der Waals surface area contributed by atoms with Crippen LogP contribution < -0.4 is 10.1 Å². The summed E-state index contributed by atoms with van der Waals surface area (Å²) < 4.78 is 6.16. The van der Waals surface area contributed by atoms with Crippen molar-refractivity contribution in [2.45, 2.75) is 19.4 Å². The van der Waals surface area contributed by atoms with Crippen molar-refractivity contribution in [1.29, 1.82) is 0 Å². The van der Waals surface area contributed by atoms with Gasteiger partial charge in [0.2, 0.25) is 0 Å². The van der Waals surface area contributed by atoms with Gasteiger partial charge >= 0.3 is 0 Å². The Hall–Kier alpha value is -1.81. The molecule has 1 N–H and O–H groups in total. The molecule has 0 radical (unpaired) electrons. The predicted molar refractivity (Wildman–Crippen MR) is 87.6 cm³/mol. The van der Waals surface area contributed by atoms with Crippen LogP contribution in [0.1, 0.15) is 35.3 Å². The molecule has 0 saturated heterocycles. The third-order valence-electron chi connectivity index (χ3n) is 3.32. The first-order valence-corrected chi connectivity index (χ1v) is 7.64. The Bertz CT molecular complexity index is 613. The van der Waals surface area contributed by atoms with E-state index in [0.29, 0.717) is 11.3 Å². The minimum absolute atomic E-state index is 0.00736. The lowest BCUT2D eigenvalue weighted by Gasteiger charge is -2.18. The van der Waals surface area contributed by atoms with E-state index in [0.717, 1.165) is 16.5 Å². The quantitative estimate of drug-likeness (QED) is 0.873. The van der Waals surface area contributed by atoms with Crippen molar-refractivity contribution < 1.29 is 9.53 Å². The molecule has 0 heterocycles. The van der Waals surface area contributed by atoms with E-state index in [2.05, 4.69) is 28.2 Å². The molecule has 0 saturated carbocycles. The molecule has 2 aromatic carbocycles. The fourth-order valence-corrected chi connectivity index (χ4v) is 2.54. The SMILES string of the molecule is CCC(NC(=O)c1ccc(Br)cc1OC)c1ccccc1. The topological polar surface area (TPSA) is 38.3 Å². The number of carbonyl (C=O) groups excluding carboxylic acids is 1. The molecular weight excluding hydrogens is 330 g/mol. The smallest absolute Gasteiger partial charge is 0.255 e. The number of ether oxygens (including phenoxy) is 1. The maximum absolute atomic E-state index is 12.5. The molecular formula is C17H18BrNO2. The molecule has 3 nitrogen and oxygen atoms in total. The summed E-state index contributed by atoms with van der Waals surface area (Å²) in [5, 5.41) is 3.06. The summed E-state index contributed by atoms with van der Waals surface area (Å²) >= 11 is 3.38. The van der Waals surface area contributed by atoms with Crippen LogP contribution >= 0.6 is 15.9 Å². The highest BCUT2D eigenvalue weighted by molar-refractivity contribution is 9.10. The highest BCUT2D eigenvalue weighted by atomic mass is 79.9. The lowest BCUT2D eigenvalue weighted by Crippen LogP contribution is -2.28. The first-order chi connectivity index (χ1) is 10.2. The molecule has 110 valence electrons. The van der Waals surface area contributed by atoms with E-state index in [1.807, 2.05) is 36.4 Å². The molecule has 2 aromatic rings. The number of amides is 1. The van der Waals surface area contributed by atoms with Gasteiger partial charge in [0.15, 0.2) is 0 Å². The van der Waals surface area contributed by atoms with Crippen LogP contribution in [0.2, 0.25) is 0 Å². The van der Waals surface area contributed by atoms with E-state index in [4.69, 9.17) is 4.74 Å². The van der Waals surface area contributed by atoms with E-state index in [-0.39, 0.29) is 11.9 Å². The van der Waals surface area contributed by atoms with Crippen LogP contribution in [-0.4, -0.2) is 13.0 Å². The molecule has 1 amide bonds. The van der Waals surface area contributed by atoms with Gasteiger partial charge in [-0.2, -0.15) is 0 Å². The Morgan fingerprint density at radius 2 is 1.95 bits per heavy atom. The van der Waals surface area contributed by atoms with Gasteiger partial charge < -0.3 is 10.1 Å². The van der Waals surface area contributed by atoms with Gasteiger partial charge in [-0.25, -0.2) is 0 Å². The summed E-state index contributed by atoms with van der Waals surface area (Å²) in [4.78, 5) is 12.5. The zero-order valence-corrected chi connectivity index (χ0v) is 13.7. The van der Waals surface area contributed by atoms with Crippen molar-refractivity contribution in [2.75, 3.05) is 7.11 Å². The number of rotatable bonds is 5. The van der Waals surface area contributed by atoms with Gasteiger partial charge in [-0.05, 0) is 30.2 Å². The summed E-state index contributed by atoms with van der Waals surface area (Å²) in [5.41, 5.74) is 1.64. The fraction of sp³-hybridized carbons (Fsp3) is 0.235. The monoisotopic (exact) mass is 347 g/mol. The van der Waals surface area contributed by atoms with E-state index in [1.165, 1.54) is 0 Å². The molecule has 0 aliphatic rings. The number of methoxy groups -OCH3 is 1. The molecule has 0 aromatic heterocycles. The molecule has 0 bridgehead atoms. The van der Waals surface area contributed by atoms with Crippen LogP contribution in [0.5, 0.6) is 5.75 Å². The summed E-state index contributed by atoms with van der Waals surface area (Å²) in [7, 11) is 1.56. The maximum Gasteiger partial charge on any atom is 0.255 e. The molecule has 1 atom stereocenters. The molecule has 0 spiro atoms. The lowest BCUT2D eigenvalue weighted by atomic mass is 10.0. The summed E-state index contributed by atoms with van der Waals surface area (Å²) in [5.74, 6) is 0.430. The number of carbonyl (C=O) groups is 1. The predicted octanol–water partition coefficient (Wildman–Crippen LogP) is 4.34. The van der Waals surface area contributed by atoms with Crippen LogP contribution in [-0.2, 0) is 0 Å². The van der Waals surface area contributed by atoms with Crippen molar-refractivity contribution in [2.24, 2.45) is 0 Å². The van der Waals surface area contributed by atoms with Crippen molar-refractivity contribution >= 4 is 21.8 Å². The Balaban J connectivity index is 2.21. The second kappa shape index (κ2) is 7.27. The third kappa shape index (κ3) is 3.85.